The summed E-state index contributed by atoms with van der Waals surface area (Å²) in [7, 11) is 1.69. The van der Waals surface area contributed by atoms with Gasteiger partial charge in [-0.25, -0.2) is 4.98 Å². The zero-order valence-corrected chi connectivity index (χ0v) is 21.1. The van der Waals surface area contributed by atoms with Crippen LogP contribution in [-0.4, -0.2) is 39.4 Å². The highest BCUT2D eigenvalue weighted by Crippen LogP contribution is 2.32. The van der Waals surface area contributed by atoms with Crippen molar-refractivity contribution in [2.24, 2.45) is 0 Å². The van der Waals surface area contributed by atoms with Gasteiger partial charge in [0.05, 0.1) is 17.4 Å². The topological polar surface area (TPSA) is 79.3 Å². The van der Waals surface area contributed by atoms with E-state index in [1.165, 1.54) is 23.1 Å². The molecule has 4 heterocycles. The number of fused-ring (bicyclic) bond motifs is 1. The average molecular weight is 498 g/mol. The van der Waals surface area contributed by atoms with Gasteiger partial charge < -0.3 is 13.7 Å². The molecule has 0 unspecified atom stereocenters. The molecule has 0 aliphatic heterocycles. The quantitative estimate of drug-likeness (QED) is 0.0916. The Morgan fingerprint density at radius 3 is 2.88 bits per heavy atom. The third-order valence-corrected chi connectivity index (χ3v) is 7.54. The predicted molar refractivity (Wildman–Crippen MR) is 137 cm³/mol. The van der Waals surface area contributed by atoms with Crippen molar-refractivity contribution in [2.45, 2.75) is 38.5 Å². The zero-order valence-electron chi connectivity index (χ0n) is 19.5. The average Bonchev–Trinajstić information content (AvgIpc) is 3.55. The summed E-state index contributed by atoms with van der Waals surface area (Å²) < 4.78 is 14.4. The van der Waals surface area contributed by atoms with Crippen molar-refractivity contribution in [2.75, 3.05) is 19.5 Å². The van der Waals surface area contributed by atoms with Crippen LogP contribution < -0.4 is 5.56 Å². The van der Waals surface area contributed by atoms with Crippen LogP contribution in [0.4, 0.5) is 0 Å². The van der Waals surface area contributed by atoms with Gasteiger partial charge in [0.25, 0.3) is 5.56 Å². The molecule has 0 fully saturated rings. The van der Waals surface area contributed by atoms with E-state index in [9.17, 15) is 9.59 Å². The Morgan fingerprint density at radius 1 is 1.35 bits per heavy atom. The lowest BCUT2D eigenvalue weighted by Crippen LogP contribution is -2.23. The Bertz CT molecular complexity index is 1380. The predicted octanol–water partition coefficient (Wildman–Crippen LogP) is 5.33. The number of aryl methyl sites for hydroxylation is 1. The summed E-state index contributed by atoms with van der Waals surface area (Å²) in [6.07, 6.45) is 4.13. The molecular weight excluding hydrogens is 470 g/mol. The van der Waals surface area contributed by atoms with Crippen molar-refractivity contribution in [1.29, 1.82) is 0 Å². The number of ether oxygens (including phenoxy) is 1. The molecule has 4 rings (SSSR count). The number of thiophene rings is 1. The molecule has 0 radical (unpaired) electrons. The van der Waals surface area contributed by atoms with Crippen LogP contribution in [0.1, 0.15) is 28.2 Å². The highest BCUT2D eigenvalue weighted by Gasteiger charge is 2.20. The highest BCUT2D eigenvalue weighted by atomic mass is 32.2. The van der Waals surface area contributed by atoms with Gasteiger partial charge in [-0.05, 0) is 38.5 Å². The molecule has 178 valence electrons. The van der Waals surface area contributed by atoms with Crippen LogP contribution >= 0.6 is 23.1 Å². The molecule has 0 saturated heterocycles. The summed E-state index contributed by atoms with van der Waals surface area (Å²) in [6, 6.07) is 5.55. The van der Waals surface area contributed by atoms with Gasteiger partial charge in [0, 0.05) is 54.7 Å². The lowest BCUT2D eigenvalue weighted by atomic mass is 10.2. The molecule has 34 heavy (non-hydrogen) atoms. The van der Waals surface area contributed by atoms with E-state index in [4.69, 9.17) is 14.1 Å². The summed E-state index contributed by atoms with van der Waals surface area (Å²) in [5.74, 6) is 0.832. The largest absolute Gasteiger partial charge is 0.464 e. The number of furan rings is 1. The second kappa shape index (κ2) is 10.6. The first-order valence-corrected chi connectivity index (χ1v) is 12.8. The van der Waals surface area contributed by atoms with Crippen LogP contribution in [0.2, 0.25) is 0 Å². The number of nitrogens with zero attached hydrogens (tertiary/aromatic N) is 3. The lowest BCUT2D eigenvalue weighted by molar-refractivity contribution is 0.102. The fourth-order valence-corrected chi connectivity index (χ4v) is 5.88. The van der Waals surface area contributed by atoms with E-state index in [1.54, 1.807) is 30.1 Å². The summed E-state index contributed by atoms with van der Waals surface area (Å²) in [4.78, 5) is 31.9. The van der Waals surface area contributed by atoms with Gasteiger partial charge in [-0.3, -0.25) is 14.2 Å². The molecule has 0 aliphatic carbocycles. The Hall–Kier alpha value is -2.88. The van der Waals surface area contributed by atoms with Crippen LogP contribution in [-0.2, 0) is 17.8 Å². The second-order valence-electron chi connectivity index (χ2n) is 7.90. The van der Waals surface area contributed by atoms with Crippen molar-refractivity contribution in [3.8, 4) is 11.3 Å². The van der Waals surface area contributed by atoms with E-state index in [0.717, 1.165) is 29.9 Å². The minimum Gasteiger partial charge on any atom is -0.464 e. The third-order valence-electron chi connectivity index (χ3n) is 5.69. The molecular formula is C25H27N3O4S2. The van der Waals surface area contributed by atoms with Gasteiger partial charge in [0.15, 0.2) is 10.9 Å². The Kier molecular flexibility index (Phi) is 7.55. The standard InChI is InChI=1S/C25H27N3O4S2/c1-5-9-28-24(30)22-19(21-8-6-12-32-21)14-33-23(22)26-25(28)34-15-20(29)18-13-16(2)27(17(18)3)10-7-11-31-4/h5-6,8,12-14H,1,7,9-11,15H2,2-4H3. The number of Topliss-reactive ketones (excluding diaryl/α,β-unsaturated/α-hetero) is 1. The van der Waals surface area contributed by atoms with Gasteiger partial charge in [-0.2, -0.15) is 0 Å². The molecule has 0 bridgehead atoms. The number of thioether (sulfide) groups is 1. The normalized spacial score (nSPS) is 11.4. The molecule has 0 amide bonds. The second-order valence-corrected chi connectivity index (χ2v) is 9.70. The van der Waals surface area contributed by atoms with Crippen LogP contribution in [0.3, 0.4) is 0 Å². The number of ketones is 1. The number of hydrogen-bond donors (Lipinski definition) is 0. The van der Waals surface area contributed by atoms with E-state index in [-0.39, 0.29) is 17.1 Å². The van der Waals surface area contributed by atoms with E-state index >= 15 is 0 Å². The Morgan fingerprint density at radius 2 is 2.18 bits per heavy atom. The number of allylic oxidation sites excluding steroid dienone is 1. The first-order valence-electron chi connectivity index (χ1n) is 10.9. The smallest absolute Gasteiger partial charge is 0.263 e. The summed E-state index contributed by atoms with van der Waals surface area (Å²) in [5, 5.41) is 2.92. The van der Waals surface area contributed by atoms with E-state index in [1.807, 2.05) is 31.4 Å². The maximum Gasteiger partial charge on any atom is 0.263 e. The van der Waals surface area contributed by atoms with Gasteiger partial charge in [-0.1, -0.05) is 17.8 Å². The van der Waals surface area contributed by atoms with Crippen LogP contribution in [0.25, 0.3) is 21.5 Å². The third kappa shape index (κ3) is 4.68. The van der Waals surface area contributed by atoms with Crippen LogP contribution in [0.15, 0.2) is 56.9 Å². The maximum atomic E-state index is 13.4. The summed E-state index contributed by atoms with van der Waals surface area (Å²) >= 11 is 2.67. The fraction of sp³-hybridized carbons (Fsp3) is 0.320. The number of aromatic nitrogens is 3. The number of methoxy groups -OCH3 is 1. The van der Waals surface area contributed by atoms with Crippen molar-refractivity contribution >= 4 is 39.1 Å². The molecule has 0 spiro atoms. The van der Waals surface area contributed by atoms with Gasteiger partial charge >= 0.3 is 0 Å². The lowest BCUT2D eigenvalue weighted by Gasteiger charge is -2.11. The molecule has 7 nitrogen and oxygen atoms in total. The molecule has 0 aliphatic rings. The highest BCUT2D eigenvalue weighted by molar-refractivity contribution is 7.99. The first-order chi connectivity index (χ1) is 16.5. The van der Waals surface area contributed by atoms with E-state index in [0.29, 0.717) is 39.8 Å². The number of rotatable bonds is 11. The minimum atomic E-state index is -0.163. The van der Waals surface area contributed by atoms with Gasteiger partial charge in [-0.15, -0.1) is 17.9 Å². The molecule has 0 N–H and O–H groups in total. The Labute approximate surface area is 206 Å². The SMILES string of the molecule is C=CCn1c(SCC(=O)c2cc(C)n(CCCOC)c2C)nc2scc(-c3ccco3)c2c1=O. The van der Waals surface area contributed by atoms with Crippen molar-refractivity contribution in [3.05, 3.63) is 69.8 Å². The van der Waals surface area contributed by atoms with E-state index < -0.39 is 0 Å². The fourth-order valence-electron chi connectivity index (χ4n) is 4.02. The summed E-state index contributed by atoms with van der Waals surface area (Å²) in [5.41, 5.74) is 3.27. The molecule has 4 aromatic rings. The minimum absolute atomic E-state index is 0.0121. The van der Waals surface area contributed by atoms with Gasteiger partial charge in [0.2, 0.25) is 0 Å². The van der Waals surface area contributed by atoms with Crippen LogP contribution in [0, 0.1) is 13.8 Å². The maximum absolute atomic E-state index is 13.4. The molecule has 0 atom stereocenters. The Balaban J connectivity index is 1.61. The zero-order chi connectivity index (χ0) is 24.2. The number of carbonyl (C=O) groups excluding carboxylic acids is 1. The van der Waals surface area contributed by atoms with Crippen molar-refractivity contribution in [1.82, 2.24) is 14.1 Å². The number of carbonyl (C=O) groups is 1. The first kappa shape index (κ1) is 24.3. The molecule has 9 heteroatoms. The molecule has 0 saturated carbocycles. The monoisotopic (exact) mass is 497 g/mol. The summed E-state index contributed by atoms with van der Waals surface area (Å²) in [6.45, 7) is 9.55. The van der Waals surface area contributed by atoms with Crippen LogP contribution in [0.5, 0.6) is 0 Å². The van der Waals surface area contributed by atoms with Crippen molar-refractivity contribution in [3.63, 3.8) is 0 Å². The number of hydrogen-bond acceptors (Lipinski definition) is 7. The molecule has 0 aromatic carbocycles. The van der Waals surface area contributed by atoms with E-state index in [2.05, 4.69) is 11.1 Å². The van der Waals surface area contributed by atoms with Gasteiger partial charge in [0.1, 0.15) is 10.6 Å². The molecule has 4 aromatic heterocycles. The van der Waals surface area contributed by atoms with Crippen molar-refractivity contribution < 1.29 is 13.9 Å².